The summed E-state index contributed by atoms with van der Waals surface area (Å²) in [4.78, 5) is 4.00. The van der Waals surface area contributed by atoms with Gasteiger partial charge in [-0.05, 0) is 19.8 Å². The lowest BCUT2D eigenvalue weighted by molar-refractivity contribution is 0.0820. The molecule has 0 aliphatic carbocycles. The predicted molar refractivity (Wildman–Crippen MR) is 88.3 cm³/mol. The van der Waals surface area contributed by atoms with Crippen molar-refractivity contribution >= 4 is 10.0 Å². The van der Waals surface area contributed by atoms with Gasteiger partial charge in [0.1, 0.15) is 11.6 Å². The maximum atomic E-state index is 12.8. The van der Waals surface area contributed by atoms with Crippen molar-refractivity contribution in [2.75, 3.05) is 19.8 Å². The average molecular weight is 366 g/mol. The molecule has 9 nitrogen and oxygen atoms in total. The van der Waals surface area contributed by atoms with E-state index >= 15 is 0 Å². The number of sulfonamides is 1. The molecule has 10 heteroatoms. The van der Waals surface area contributed by atoms with Crippen LogP contribution in [-0.4, -0.2) is 56.8 Å². The third kappa shape index (κ3) is 2.87. The summed E-state index contributed by atoms with van der Waals surface area (Å²) in [5.41, 5.74) is 0. The summed E-state index contributed by atoms with van der Waals surface area (Å²) in [5.74, 6) is 1.98. The molecule has 2 aliphatic rings. The van der Waals surface area contributed by atoms with Crippen molar-refractivity contribution in [3.63, 3.8) is 0 Å². The lowest BCUT2D eigenvalue weighted by Gasteiger charge is -2.32. The van der Waals surface area contributed by atoms with Gasteiger partial charge in [0.2, 0.25) is 0 Å². The Bertz CT molecular complexity index is 868. The van der Waals surface area contributed by atoms with Gasteiger partial charge in [-0.1, -0.05) is 0 Å². The van der Waals surface area contributed by atoms with E-state index < -0.39 is 10.0 Å². The van der Waals surface area contributed by atoms with E-state index in [2.05, 4.69) is 19.7 Å². The normalized spacial score (nSPS) is 22.9. The molecule has 0 radical (unpaired) electrons. The number of rotatable bonds is 3. The van der Waals surface area contributed by atoms with Gasteiger partial charge in [0, 0.05) is 45.0 Å². The van der Waals surface area contributed by atoms with Crippen molar-refractivity contribution in [3.05, 3.63) is 24.2 Å². The molecule has 25 heavy (non-hydrogen) atoms. The van der Waals surface area contributed by atoms with Crippen LogP contribution < -0.4 is 0 Å². The molecule has 0 saturated carbocycles. The topological polar surface area (TPSA) is 95.1 Å². The molecular weight excluding hydrogens is 344 g/mol. The van der Waals surface area contributed by atoms with Crippen LogP contribution in [0.15, 0.2) is 17.6 Å². The first kappa shape index (κ1) is 16.7. The first-order valence-corrected chi connectivity index (χ1v) is 9.90. The van der Waals surface area contributed by atoms with Crippen LogP contribution in [0.2, 0.25) is 0 Å². The summed E-state index contributed by atoms with van der Waals surface area (Å²) in [5, 5.41) is 8.74. The Hall–Kier alpha value is -1.78. The van der Waals surface area contributed by atoms with Crippen LogP contribution in [0.4, 0.5) is 0 Å². The van der Waals surface area contributed by atoms with Gasteiger partial charge >= 0.3 is 0 Å². The minimum atomic E-state index is -3.63. The third-order valence-electron chi connectivity index (χ3n) is 4.89. The van der Waals surface area contributed by atoms with E-state index in [0.717, 1.165) is 31.9 Å². The molecule has 0 N–H and O–H groups in total. The van der Waals surface area contributed by atoms with Crippen molar-refractivity contribution in [1.82, 2.24) is 28.6 Å². The fraction of sp³-hybridized carbons (Fsp3) is 0.667. The van der Waals surface area contributed by atoms with Gasteiger partial charge in [-0.3, -0.25) is 0 Å². The lowest BCUT2D eigenvalue weighted by Crippen LogP contribution is -2.41. The standard InChI is InChI=1S/C15H22N6O3S/c1-11-7-20(25(22,23)14-9-19(2)10-16-14)8-13-17-18-15(21(11)13)12-3-5-24-6-4-12/h9-12H,3-8H2,1-2H3/t11-/m0/s1. The molecular formula is C15H22N6O3S. The summed E-state index contributed by atoms with van der Waals surface area (Å²) >= 11 is 0. The van der Waals surface area contributed by atoms with E-state index in [1.165, 1.54) is 16.8 Å². The molecule has 1 fully saturated rings. The second-order valence-electron chi connectivity index (χ2n) is 6.76. The quantitative estimate of drug-likeness (QED) is 0.792. The highest BCUT2D eigenvalue weighted by Gasteiger charge is 2.36. The molecule has 4 rings (SSSR count). The van der Waals surface area contributed by atoms with Gasteiger partial charge in [-0.25, -0.2) is 13.4 Å². The Morgan fingerprint density at radius 2 is 2.00 bits per heavy atom. The monoisotopic (exact) mass is 366 g/mol. The number of aromatic nitrogens is 5. The van der Waals surface area contributed by atoms with E-state index in [1.54, 1.807) is 11.6 Å². The number of hydrogen-bond donors (Lipinski definition) is 0. The van der Waals surface area contributed by atoms with E-state index in [1.807, 2.05) is 6.92 Å². The molecule has 1 saturated heterocycles. The van der Waals surface area contributed by atoms with E-state index in [0.29, 0.717) is 18.3 Å². The number of hydrogen-bond acceptors (Lipinski definition) is 6. The largest absolute Gasteiger partial charge is 0.381 e. The van der Waals surface area contributed by atoms with Gasteiger partial charge in [-0.2, -0.15) is 4.31 Å². The summed E-state index contributed by atoms with van der Waals surface area (Å²) in [7, 11) is -1.88. The van der Waals surface area contributed by atoms with Crippen molar-refractivity contribution in [3.8, 4) is 0 Å². The SMILES string of the molecule is C[C@H]1CN(S(=O)(=O)c2cn(C)cn2)Cc2nnc(C3CCOCC3)n21. The molecule has 4 heterocycles. The highest BCUT2D eigenvalue weighted by molar-refractivity contribution is 7.89. The maximum absolute atomic E-state index is 12.8. The molecule has 2 aromatic rings. The molecule has 0 unspecified atom stereocenters. The van der Waals surface area contributed by atoms with E-state index in [9.17, 15) is 8.42 Å². The first-order chi connectivity index (χ1) is 12.0. The van der Waals surface area contributed by atoms with E-state index in [4.69, 9.17) is 4.74 Å². The molecule has 0 aromatic carbocycles. The second kappa shape index (κ2) is 6.19. The fourth-order valence-electron chi connectivity index (χ4n) is 3.60. The average Bonchev–Trinajstić information content (AvgIpc) is 3.22. The zero-order valence-corrected chi connectivity index (χ0v) is 15.2. The summed E-state index contributed by atoms with van der Waals surface area (Å²) in [6.45, 7) is 4.10. The van der Waals surface area contributed by atoms with Crippen molar-refractivity contribution in [2.45, 2.75) is 43.3 Å². The van der Waals surface area contributed by atoms with Gasteiger partial charge < -0.3 is 13.9 Å². The highest BCUT2D eigenvalue weighted by Crippen LogP contribution is 2.32. The minimum Gasteiger partial charge on any atom is -0.381 e. The second-order valence-corrected chi connectivity index (χ2v) is 8.64. The van der Waals surface area contributed by atoms with Gasteiger partial charge in [0.15, 0.2) is 5.03 Å². The smallest absolute Gasteiger partial charge is 0.262 e. The fourth-order valence-corrected chi connectivity index (χ4v) is 5.04. The minimum absolute atomic E-state index is 0.0184. The Kier molecular flexibility index (Phi) is 4.13. The maximum Gasteiger partial charge on any atom is 0.262 e. The molecule has 2 aliphatic heterocycles. The Balaban J connectivity index is 1.63. The van der Waals surface area contributed by atoms with Crippen LogP contribution in [0.5, 0.6) is 0 Å². The zero-order chi connectivity index (χ0) is 17.6. The molecule has 1 atom stereocenters. The van der Waals surface area contributed by atoms with Crippen molar-refractivity contribution < 1.29 is 13.2 Å². The summed E-state index contributed by atoms with van der Waals surface area (Å²) in [6.07, 6.45) is 4.88. The Labute approximate surface area is 146 Å². The lowest BCUT2D eigenvalue weighted by atomic mass is 9.99. The molecule has 0 bridgehead atoms. The first-order valence-electron chi connectivity index (χ1n) is 8.46. The molecule has 136 valence electrons. The van der Waals surface area contributed by atoms with Crippen LogP contribution in [0.3, 0.4) is 0 Å². The van der Waals surface area contributed by atoms with Crippen LogP contribution in [0.1, 0.15) is 43.4 Å². The van der Waals surface area contributed by atoms with Crippen LogP contribution in [0.25, 0.3) is 0 Å². The van der Waals surface area contributed by atoms with Gasteiger partial charge in [0.05, 0.1) is 12.9 Å². The van der Waals surface area contributed by atoms with Crippen LogP contribution in [-0.2, 0) is 28.4 Å². The van der Waals surface area contributed by atoms with Gasteiger partial charge in [-0.15, -0.1) is 10.2 Å². The number of nitrogens with zero attached hydrogens (tertiary/aromatic N) is 6. The van der Waals surface area contributed by atoms with Crippen molar-refractivity contribution in [1.29, 1.82) is 0 Å². The molecule has 0 spiro atoms. The van der Waals surface area contributed by atoms with E-state index in [-0.39, 0.29) is 17.6 Å². The number of ether oxygens (including phenoxy) is 1. The number of aryl methyl sites for hydroxylation is 1. The third-order valence-corrected chi connectivity index (χ3v) is 6.59. The summed E-state index contributed by atoms with van der Waals surface area (Å²) < 4.78 is 36.3. The van der Waals surface area contributed by atoms with Crippen molar-refractivity contribution in [2.24, 2.45) is 7.05 Å². The predicted octanol–water partition coefficient (Wildman–Crippen LogP) is 0.671. The van der Waals surface area contributed by atoms with Crippen LogP contribution >= 0.6 is 0 Å². The Morgan fingerprint density at radius 3 is 2.68 bits per heavy atom. The van der Waals surface area contributed by atoms with Gasteiger partial charge in [0.25, 0.3) is 10.0 Å². The number of fused-ring (bicyclic) bond motifs is 1. The Morgan fingerprint density at radius 1 is 1.24 bits per heavy atom. The highest BCUT2D eigenvalue weighted by atomic mass is 32.2. The summed E-state index contributed by atoms with van der Waals surface area (Å²) in [6, 6.07) is -0.0184. The zero-order valence-electron chi connectivity index (χ0n) is 14.4. The number of imidazole rings is 1. The van der Waals surface area contributed by atoms with Crippen LogP contribution in [0, 0.1) is 0 Å². The molecule has 2 aromatic heterocycles. The molecule has 0 amide bonds.